The highest BCUT2D eigenvalue weighted by Crippen LogP contribution is 2.27. The van der Waals surface area contributed by atoms with E-state index < -0.39 is 15.9 Å². The number of hydrogen-bond acceptors (Lipinski definition) is 11. The van der Waals surface area contributed by atoms with Crippen LogP contribution in [-0.4, -0.2) is 78.1 Å². The topological polar surface area (TPSA) is 161 Å². The van der Waals surface area contributed by atoms with E-state index in [0.29, 0.717) is 35.0 Å². The third-order valence-corrected chi connectivity index (χ3v) is 8.30. The first kappa shape index (κ1) is 28.8. The second-order valence-corrected chi connectivity index (χ2v) is 12.0. The van der Waals surface area contributed by atoms with Gasteiger partial charge in [-0.25, -0.2) is 22.9 Å². The molecule has 0 unspecified atom stereocenters. The van der Waals surface area contributed by atoms with Crippen LogP contribution in [0.3, 0.4) is 0 Å². The molecule has 2 amide bonds. The number of para-hydroxylation sites is 1. The Hall–Kier alpha value is -4.21. The van der Waals surface area contributed by atoms with Gasteiger partial charge in [0.15, 0.2) is 10.9 Å². The number of nitrogens with zero attached hydrogens (tertiary/aromatic N) is 6. The summed E-state index contributed by atoms with van der Waals surface area (Å²) in [4.78, 5) is 32.5. The standard InChI is InChI=1S/C25H28N8O5S2/c1-16-9-10-20(19(13-16)22(34)18-7-5-6-8-21(18)38-4)27-23(35)28-24-26-14-17(39-24)15-40(36,37)25-29-30-31-33(25)12-11-32(2)3/h5-10,13-14H,11-12,15H2,1-4H3,(H2,26,27,28,35). The second kappa shape index (κ2) is 12.3. The van der Waals surface area contributed by atoms with Crippen molar-refractivity contribution in [3.63, 3.8) is 0 Å². The van der Waals surface area contributed by atoms with Gasteiger partial charge in [-0.2, -0.15) is 0 Å². The summed E-state index contributed by atoms with van der Waals surface area (Å²) in [5.41, 5.74) is 1.78. The zero-order valence-electron chi connectivity index (χ0n) is 22.3. The molecule has 0 aliphatic rings. The number of tetrazole rings is 1. The molecule has 4 aromatic rings. The number of anilines is 2. The first-order valence-corrected chi connectivity index (χ1v) is 14.5. The van der Waals surface area contributed by atoms with Crippen LogP contribution in [0.5, 0.6) is 5.75 Å². The fourth-order valence-corrected chi connectivity index (χ4v) is 6.21. The van der Waals surface area contributed by atoms with Gasteiger partial charge in [-0.05, 0) is 55.7 Å². The number of urea groups is 1. The zero-order chi connectivity index (χ0) is 28.9. The molecule has 13 nitrogen and oxygen atoms in total. The minimum Gasteiger partial charge on any atom is -0.496 e. The number of aromatic nitrogens is 5. The Morgan fingerprint density at radius 2 is 1.88 bits per heavy atom. The van der Waals surface area contributed by atoms with E-state index >= 15 is 0 Å². The molecule has 4 rings (SSSR count). The van der Waals surface area contributed by atoms with Crippen LogP contribution in [0.15, 0.2) is 53.8 Å². The van der Waals surface area contributed by atoms with E-state index in [1.165, 1.54) is 18.0 Å². The molecule has 2 heterocycles. The average molecular weight is 585 g/mol. The number of carbonyl (C=O) groups excluding carboxylic acids is 2. The van der Waals surface area contributed by atoms with Gasteiger partial charge < -0.3 is 15.0 Å². The van der Waals surface area contributed by atoms with Gasteiger partial charge >= 0.3 is 6.03 Å². The third-order valence-electron chi connectivity index (χ3n) is 5.66. The molecule has 2 aromatic carbocycles. The van der Waals surface area contributed by atoms with Crippen molar-refractivity contribution in [1.29, 1.82) is 0 Å². The molecule has 2 aromatic heterocycles. The molecule has 0 saturated heterocycles. The summed E-state index contributed by atoms with van der Waals surface area (Å²) in [6.45, 7) is 2.71. The molecule has 15 heteroatoms. The number of ketones is 1. The lowest BCUT2D eigenvalue weighted by molar-refractivity contribution is 0.103. The van der Waals surface area contributed by atoms with Crippen molar-refractivity contribution < 1.29 is 22.7 Å². The number of ether oxygens (including phenoxy) is 1. The average Bonchev–Trinajstić information content (AvgIpc) is 3.57. The van der Waals surface area contributed by atoms with Gasteiger partial charge in [0.1, 0.15) is 5.75 Å². The third kappa shape index (κ3) is 6.86. The number of methoxy groups -OCH3 is 1. The van der Waals surface area contributed by atoms with E-state index in [0.717, 1.165) is 16.9 Å². The fraction of sp³-hybridized carbons (Fsp3) is 0.280. The first-order valence-electron chi connectivity index (χ1n) is 12.0. The number of benzene rings is 2. The maximum absolute atomic E-state index is 13.3. The van der Waals surface area contributed by atoms with Crippen molar-refractivity contribution in [1.82, 2.24) is 30.1 Å². The minimum atomic E-state index is -3.86. The lowest BCUT2D eigenvalue weighted by Gasteiger charge is -2.13. The molecule has 0 aliphatic heterocycles. The maximum Gasteiger partial charge on any atom is 0.325 e. The summed E-state index contributed by atoms with van der Waals surface area (Å²) in [5.74, 6) is -0.279. The Labute approximate surface area is 235 Å². The Bertz CT molecular complexity index is 1630. The molecule has 0 saturated carbocycles. The van der Waals surface area contributed by atoms with Crippen LogP contribution < -0.4 is 15.4 Å². The largest absolute Gasteiger partial charge is 0.496 e. The number of nitrogens with one attached hydrogen (secondary N) is 2. The Morgan fingerprint density at radius 3 is 2.62 bits per heavy atom. The highest BCUT2D eigenvalue weighted by Gasteiger charge is 2.25. The van der Waals surface area contributed by atoms with Crippen LogP contribution in [-0.2, 0) is 22.1 Å². The molecular formula is C25H28N8O5S2. The summed E-state index contributed by atoms with van der Waals surface area (Å²) in [7, 11) is 1.34. The summed E-state index contributed by atoms with van der Waals surface area (Å²) in [6, 6.07) is 11.3. The molecule has 210 valence electrons. The molecule has 0 radical (unpaired) electrons. The normalized spacial score (nSPS) is 11.4. The molecule has 0 aliphatic carbocycles. The quantitative estimate of drug-likeness (QED) is 0.251. The number of sulfone groups is 1. The molecule has 0 spiro atoms. The van der Waals surface area contributed by atoms with Gasteiger partial charge in [0.25, 0.3) is 5.16 Å². The van der Waals surface area contributed by atoms with Crippen molar-refractivity contribution in [2.45, 2.75) is 24.4 Å². The van der Waals surface area contributed by atoms with Crippen LogP contribution in [0.4, 0.5) is 15.6 Å². The Morgan fingerprint density at radius 1 is 1.10 bits per heavy atom. The highest BCUT2D eigenvalue weighted by atomic mass is 32.2. The van der Waals surface area contributed by atoms with Crippen molar-refractivity contribution >= 4 is 43.8 Å². The lowest BCUT2D eigenvalue weighted by atomic mass is 9.99. The summed E-state index contributed by atoms with van der Waals surface area (Å²) >= 11 is 1.00. The number of thiazole rings is 1. The monoisotopic (exact) mass is 584 g/mol. The molecule has 2 N–H and O–H groups in total. The first-order chi connectivity index (χ1) is 19.1. The van der Waals surface area contributed by atoms with E-state index in [2.05, 4.69) is 31.1 Å². The number of carbonyl (C=O) groups is 2. The predicted molar refractivity (Wildman–Crippen MR) is 150 cm³/mol. The predicted octanol–water partition coefficient (Wildman–Crippen LogP) is 2.86. The maximum atomic E-state index is 13.3. The number of hydrogen-bond donors (Lipinski definition) is 2. The number of amides is 2. The Balaban J connectivity index is 1.46. The number of likely N-dealkylation sites (N-methyl/N-ethyl adjacent to an activating group) is 1. The van der Waals surface area contributed by atoms with E-state index in [1.54, 1.807) is 42.5 Å². The van der Waals surface area contributed by atoms with E-state index in [9.17, 15) is 18.0 Å². The summed E-state index contributed by atoms with van der Waals surface area (Å²) in [5, 5.41) is 16.2. The lowest BCUT2D eigenvalue weighted by Crippen LogP contribution is -2.22. The molecule has 40 heavy (non-hydrogen) atoms. The van der Waals surface area contributed by atoms with Gasteiger partial charge in [-0.1, -0.05) is 28.9 Å². The van der Waals surface area contributed by atoms with E-state index in [1.807, 2.05) is 25.9 Å². The minimum absolute atomic E-state index is 0.180. The van der Waals surface area contributed by atoms with Crippen LogP contribution in [0.1, 0.15) is 26.4 Å². The summed E-state index contributed by atoms with van der Waals surface area (Å²) in [6.07, 6.45) is 1.37. The van der Waals surface area contributed by atoms with Gasteiger partial charge in [0.05, 0.1) is 30.7 Å². The SMILES string of the molecule is COc1ccccc1C(=O)c1cc(C)ccc1NC(=O)Nc1ncc(CS(=O)(=O)c2nnnn2CCN(C)C)s1. The second-order valence-electron chi connectivity index (χ2n) is 9.04. The molecule has 0 bridgehead atoms. The van der Waals surface area contributed by atoms with Crippen molar-refractivity contribution in [2.24, 2.45) is 0 Å². The number of rotatable bonds is 11. The number of aryl methyl sites for hydroxylation is 1. The highest BCUT2D eigenvalue weighted by molar-refractivity contribution is 7.90. The van der Waals surface area contributed by atoms with Gasteiger partial charge in [0.2, 0.25) is 9.84 Å². The molecular weight excluding hydrogens is 556 g/mol. The zero-order valence-corrected chi connectivity index (χ0v) is 23.9. The van der Waals surface area contributed by atoms with Crippen LogP contribution >= 0.6 is 11.3 Å². The van der Waals surface area contributed by atoms with Gasteiger partial charge in [-0.15, -0.1) is 11.3 Å². The molecule has 0 atom stereocenters. The van der Waals surface area contributed by atoms with Crippen LogP contribution in [0, 0.1) is 6.92 Å². The van der Waals surface area contributed by atoms with Crippen LogP contribution in [0.25, 0.3) is 0 Å². The van der Waals surface area contributed by atoms with E-state index in [4.69, 9.17) is 4.74 Å². The molecule has 0 fully saturated rings. The van der Waals surface area contributed by atoms with Crippen molar-refractivity contribution in [3.05, 3.63) is 70.2 Å². The summed E-state index contributed by atoms with van der Waals surface area (Å²) < 4.78 is 32.5. The smallest absolute Gasteiger partial charge is 0.325 e. The fourth-order valence-electron chi connectivity index (χ4n) is 3.72. The van der Waals surface area contributed by atoms with Gasteiger partial charge in [-0.3, -0.25) is 10.1 Å². The van der Waals surface area contributed by atoms with Crippen molar-refractivity contribution in [2.75, 3.05) is 38.4 Å². The van der Waals surface area contributed by atoms with Gasteiger partial charge in [0, 0.05) is 23.2 Å². The van der Waals surface area contributed by atoms with Crippen molar-refractivity contribution in [3.8, 4) is 5.75 Å². The van der Waals surface area contributed by atoms with Crippen LogP contribution in [0.2, 0.25) is 0 Å². The van der Waals surface area contributed by atoms with E-state index in [-0.39, 0.29) is 27.4 Å². The Kier molecular flexibility index (Phi) is 8.86.